The molecule has 1 aliphatic rings. The highest BCUT2D eigenvalue weighted by Gasteiger charge is 2.28. The van der Waals surface area contributed by atoms with Gasteiger partial charge in [0.25, 0.3) is 0 Å². The van der Waals surface area contributed by atoms with Crippen LogP contribution in [0, 0.1) is 0 Å². The van der Waals surface area contributed by atoms with Crippen molar-refractivity contribution in [1.29, 1.82) is 0 Å². The first-order chi connectivity index (χ1) is 10.2. The average Bonchev–Trinajstić information content (AvgIpc) is 3.11. The van der Waals surface area contributed by atoms with Gasteiger partial charge < -0.3 is 9.15 Å². The zero-order valence-electron chi connectivity index (χ0n) is 11.2. The monoisotopic (exact) mass is 283 g/mol. The van der Waals surface area contributed by atoms with E-state index in [1.165, 1.54) is 11.0 Å². The Balaban J connectivity index is 1.69. The van der Waals surface area contributed by atoms with Crippen molar-refractivity contribution in [3.8, 4) is 0 Å². The number of cyclic esters (lactones) is 1. The fourth-order valence-electron chi connectivity index (χ4n) is 2.08. The first-order valence-corrected chi connectivity index (χ1v) is 6.51. The Morgan fingerprint density at radius 2 is 2.00 bits per heavy atom. The molecule has 0 bridgehead atoms. The number of nitrogens with zero attached hydrogens (tertiary/aromatic N) is 1. The molecule has 5 heteroatoms. The zero-order valence-corrected chi connectivity index (χ0v) is 11.2. The Labute approximate surface area is 121 Å². The summed E-state index contributed by atoms with van der Waals surface area (Å²) in [6.07, 6.45) is 2.43. The van der Waals surface area contributed by atoms with Crippen LogP contribution in [-0.4, -0.2) is 23.3 Å². The van der Waals surface area contributed by atoms with E-state index < -0.39 is 6.09 Å². The molecule has 1 fully saturated rings. The second-order valence-corrected chi connectivity index (χ2v) is 4.64. The molecule has 2 heterocycles. The van der Waals surface area contributed by atoms with Crippen LogP contribution in [0.2, 0.25) is 0 Å². The second kappa shape index (κ2) is 5.66. The largest absolute Gasteiger partial charge is 0.467 e. The van der Waals surface area contributed by atoms with Crippen molar-refractivity contribution < 1.29 is 18.7 Å². The third-order valence-electron chi connectivity index (χ3n) is 3.10. The molecular weight excluding hydrogens is 270 g/mol. The van der Waals surface area contributed by atoms with Gasteiger partial charge in [0.2, 0.25) is 0 Å². The fourth-order valence-corrected chi connectivity index (χ4v) is 2.08. The lowest BCUT2D eigenvalue weighted by Crippen LogP contribution is -2.23. The minimum Gasteiger partial charge on any atom is -0.467 e. The van der Waals surface area contributed by atoms with Gasteiger partial charge in [0, 0.05) is 11.6 Å². The van der Waals surface area contributed by atoms with Crippen molar-refractivity contribution in [2.45, 2.75) is 6.54 Å². The third kappa shape index (κ3) is 3.02. The summed E-state index contributed by atoms with van der Waals surface area (Å²) in [6, 6.07) is 12.4. The van der Waals surface area contributed by atoms with Crippen molar-refractivity contribution in [2.75, 3.05) is 6.54 Å². The van der Waals surface area contributed by atoms with Gasteiger partial charge in [-0.2, -0.15) is 0 Å². The number of carbonyl (C=O) groups excluding carboxylic acids is 2. The van der Waals surface area contributed by atoms with Gasteiger partial charge >= 0.3 is 6.09 Å². The zero-order chi connectivity index (χ0) is 14.7. The van der Waals surface area contributed by atoms with Crippen LogP contribution in [0.3, 0.4) is 0 Å². The standard InChI is InChI=1S/C16H13NO4/c18-15(12-5-2-1-3-6-12)9-14-11-17(16(19)21-14)10-13-7-4-8-20-13/h1-9H,10-11H2. The number of benzene rings is 1. The van der Waals surface area contributed by atoms with Gasteiger partial charge in [0.05, 0.1) is 19.4 Å². The molecule has 0 aliphatic carbocycles. The molecule has 1 saturated heterocycles. The maximum Gasteiger partial charge on any atom is 0.415 e. The minimum absolute atomic E-state index is 0.182. The van der Waals surface area contributed by atoms with Crippen molar-refractivity contribution in [2.24, 2.45) is 0 Å². The molecule has 106 valence electrons. The highest BCUT2D eigenvalue weighted by atomic mass is 16.6. The number of hydrogen-bond acceptors (Lipinski definition) is 4. The summed E-state index contributed by atoms with van der Waals surface area (Å²) in [4.78, 5) is 25.2. The average molecular weight is 283 g/mol. The molecule has 5 nitrogen and oxygen atoms in total. The molecule has 0 radical (unpaired) electrons. The lowest BCUT2D eigenvalue weighted by Gasteiger charge is -2.08. The predicted octanol–water partition coefficient (Wildman–Crippen LogP) is 3.00. The van der Waals surface area contributed by atoms with Crippen LogP contribution < -0.4 is 0 Å². The Morgan fingerprint density at radius 1 is 1.19 bits per heavy atom. The summed E-state index contributed by atoms with van der Waals surface area (Å²) in [6.45, 7) is 0.584. The Bertz CT molecular complexity index is 674. The molecule has 0 unspecified atom stereocenters. The van der Waals surface area contributed by atoms with Gasteiger partial charge in [-0.05, 0) is 12.1 Å². The number of amides is 1. The van der Waals surface area contributed by atoms with E-state index in [4.69, 9.17) is 9.15 Å². The maximum absolute atomic E-state index is 12.0. The molecule has 1 aliphatic heterocycles. The summed E-state index contributed by atoms with van der Waals surface area (Å²) in [7, 11) is 0. The SMILES string of the molecule is O=C(C=C1CN(Cc2ccco2)C(=O)O1)c1ccccc1. The highest BCUT2D eigenvalue weighted by Crippen LogP contribution is 2.18. The minimum atomic E-state index is -0.474. The fraction of sp³-hybridized carbons (Fsp3) is 0.125. The van der Waals surface area contributed by atoms with E-state index >= 15 is 0 Å². The van der Waals surface area contributed by atoms with Crippen molar-refractivity contribution >= 4 is 11.9 Å². The maximum atomic E-state index is 12.0. The number of furan rings is 1. The van der Waals surface area contributed by atoms with E-state index in [0.29, 0.717) is 23.6 Å². The number of carbonyl (C=O) groups is 2. The predicted molar refractivity (Wildman–Crippen MR) is 74.5 cm³/mol. The molecule has 0 spiro atoms. The molecule has 2 aromatic rings. The van der Waals surface area contributed by atoms with Crippen molar-refractivity contribution in [3.05, 3.63) is 71.9 Å². The number of allylic oxidation sites excluding steroid dienone is 1. The number of ketones is 1. The molecule has 0 N–H and O–H groups in total. The molecule has 0 saturated carbocycles. The van der Waals surface area contributed by atoms with Gasteiger partial charge in [-0.1, -0.05) is 30.3 Å². The Morgan fingerprint density at radius 3 is 2.71 bits per heavy atom. The molecule has 21 heavy (non-hydrogen) atoms. The molecule has 0 atom stereocenters. The lowest BCUT2D eigenvalue weighted by atomic mass is 10.1. The Hall–Kier alpha value is -2.82. The van der Waals surface area contributed by atoms with Crippen LogP contribution in [-0.2, 0) is 11.3 Å². The normalized spacial score (nSPS) is 16.3. The molecular formula is C16H13NO4. The molecule has 3 rings (SSSR count). The summed E-state index contributed by atoms with van der Waals surface area (Å²) in [5.41, 5.74) is 0.561. The van der Waals surface area contributed by atoms with E-state index in [9.17, 15) is 9.59 Å². The van der Waals surface area contributed by atoms with Crippen LogP contribution in [0.15, 0.2) is 65.0 Å². The quantitative estimate of drug-likeness (QED) is 0.639. The molecule has 1 aromatic heterocycles. The van der Waals surface area contributed by atoms with Gasteiger partial charge in [-0.25, -0.2) is 4.79 Å². The molecule has 1 amide bonds. The second-order valence-electron chi connectivity index (χ2n) is 4.64. The van der Waals surface area contributed by atoms with E-state index in [1.807, 2.05) is 6.07 Å². The van der Waals surface area contributed by atoms with E-state index in [1.54, 1.807) is 42.7 Å². The van der Waals surface area contributed by atoms with Gasteiger partial charge in [0.1, 0.15) is 11.5 Å². The summed E-state index contributed by atoms with van der Waals surface area (Å²) in [5, 5.41) is 0. The van der Waals surface area contributed by atoms with Crippen LogP contribution in [0.25, 0.3) is 0 Å². The summed E-state index contributed by atoms with van der Waals surface area (Å²) >= 11 is 0. The van der Waals surface area contributed by atoms with Crippen LogP contribution in [0.1, 0.15) is 16.1 Å². The van der Waals surface area contributed by atoms with Crippen LogP contribution in [0.5, 0.6) is 0 Å². The van der Waals surface area contributed by atoms with Gasteiger partial charge in [-0.15, -0.1) is 0 Å². The first-order valence-electron chi connectivity index (χ1n) is 6.51. The first kappa shape index (κ1) is 13.2. The van der Waals surface area contributed by atoms with E-state index in [0.717, 1.165) is 0 Å². The number of hydrogen-bond donors (Lipinski definition) is 0. The van der Waals surface area contributed by atoms with E-state index in [-0.39, 0.29) is 12.3 Å². The van der Waals surface area contributed by atoms with Crippen molar-refractivity contribution in [1.82, 2.24) is 4.90 Å². The summed E-state index contributed by atoms with van der Waals surface area (Å²) < 4.78 is 10.3. The smallest absolute Gasteiger partial charge is 0.415 e. The van der Waals surface area contributed by atoms with Crippen LogP contribution >= 0.6 is 0 Å². The Kier molecular flexibility index (Phi) is 3.55. The highest BCUT2D eigenvalue weighted by molar-refractivity contribution is 6.05. The third-order valence-corrected chi connectivity index (χ3v) is 3.10. The summed E-state index contributed by atoms with van der Waals surface area (Å²) in [5.74, 6) is 0.834. The lowest BCUT2D eigenvalue weighted by molar-refractivity contribution is 0.104. The van der Waals surface area contributed by atoms with Crippen LogP contribution in [0.4, 0.5) is 4.79 Å². The van der Waals surface area contributed by atoms with E-state index in [2.05, 4.69) is 0 Å². The number of rotatable bonds is 4. The van der Waals surface area contributed by atoms with Gasteiger partial charge in [0.15, 0.2) is 5.78 Å². The topological polar surface area (TPSA) is 59.8 Å². The molecule has 1 aromatic carbocycles. The van der Waals surface area contributed by atoms with Crippen molar-refractivity contribution in [3.63, 3.8) is 0 Å². The van der Waals surface area contributed by atoms with Gasteiger partial charge in [-0.3, -0.25) is 9.69 Å². The number of ether oxygens (including phenoxy) is 1.